The summed E-state index contributed by atoms with van der Waals surface area (Å²) in [5, 5.41) is 30.0. The third-order valence-electron chi connectivity index (χ3n) is 5.25. The van der Waals surface area contributed by atoms with E-state index in [1.54, 1.807) is 30.5 Å². The van der Waals surface area contributed by atoms with Gasteiger partial charge in [-0.15, -0.1) is 5.10 Å². The molecule has 3 atom stereocenters. The first-order valence-corrected chi connectivity index (χ1v) is 9.78. The molecule has 0 aliphatic carbocycles. The van der Waals surface area contributed by atoms with Crippen molar-refractivity contribution in [3.8, 4) is 17.3 Å². The lowest BCUT2D eigenvalue weighted by molar-refractivity contribution is -0.144. The van der Waals surface area contributed by atoms with Crippen LogP contribution in [0.3, 0.4) is 0 Å². The molecule has 1 saturated heterocycles. The number of nitrogens with zero attached hydrogens (tertiary/aromatic N) is 5. The molecule has 3 rings (SSSR count). The summed E-state index contributed by atoms with van der Waals surface area (Å²) < 4.78 is 1.52. The summed E-state index contributed by atoms with van der Waals surface area (Å²) in [6, 6.07) is 7.58. The molecule has 2 aromatic rings. The molecule has 0 unspecified atom stereocenters. The lowest BCUT2D eigenvalue weighted by atomic mass is 9.85. The van der Waals surface area contributed by atoms with Gasteiger partial charge in [0, 0.05) is 25.6 Å². The van der Waals surface area contributed by atoms with Crippen molar-refractivity contribution in [2.75, 3.05) is 13.6 Å². The van der Waals surface area contributed by atoms with Crippen molar-refractivity contribution in [1.29, 1.82) is 5.26 Å². The van der Waals surface area contributed by atoms with E-state index in [9.17, 15) is 14.7 Å². The minimum absolute atomic E-state index is 0.0979. The highest BCUT2D eigenvalue weighted by atomic mass is 16.3. The fourth-order valence-electron chi connectivity index (χ4n) is 3.76. The van der Waals surface area contributed by atoms with Crippen LogP contribution in [0, 0.1) is 16.7 Å². The monoisotopic (exact) mass is 410 g/mol. The smallest absolute Gasteiger partial charge is 0.248 e. The van der Waals surface area contributed by atoms with Crippen LogP contribution in [0.5, 0.6) is 0 Å². The minimum atomic E-state index is -0.748. The number of aliphatic hydroxyl groups is 1. The van der Waals surface area contributed by atoms with Crippen molar-refractivity contribution in [1.82, 2.24) is 25.2 Å². The SMILES string of the molecule is CNC(=O)[C@@H]1C[C@@H](O)CN1C(=O)[C@@H](n1cc(-c2ccc(C#N)cc2)nn1)C(C)(C)C. The average Bonchev–Trinajstić information content (AvgIpc) is 3.33. The van der Waals surface area contributed by atoms with Crippen LogP contribution in [0.2, 0.25) is 0 Å². The van der Waals surface area contributed by atoms with Gasteiger partial charge in [0.25, 0.3) is 0 Å². The molecule has 9 nitrogen and oxygen atoms in total. The average molecular weight is 410 g/mol. The van der Waals surface area contributed by atoms with E-state index in [1.165, 1.54) is 16.6 Å². The van der Waals surface area contributed by atoms with E-state index >= 15 is 0 Å². The molecule has 1 aliphatic rings. The van der Waals surface area contributed by atoms with Gasteiger partial charge in [0.1, 0.15) is 17.8 Å². The Morgan fingerprint density at radius 3 is 2.53 bits per heavy atom. The Morgan fingerprint density at radius 1 is 1.30 bits per heavy atom. The van der Waals surface area contributed by atoms with Crippen LogP contribution in [0.25, 0.3) is 11.3 Å². The summed E-state index contributed by atoms with van der Waals surface area (Å²) >= 11 is 0. The van der Waals surface area contributed by atoms with Crippen LogP contribution in [-0.4, -0.2) is 62.6 Å². The maximum absolute atomic E-state index is 13.5. The number of β-amino-alcohol motifs (C(OH)–C–C–N with tert-alkyl or cyclic N) is 1. The summed E-state index contributed by atoms with van der Waals surface area (Å²) in [7, 11) is 1.51. The largest absolute Gasteiger partial charge is 0.391 e. The Kier molecular flexibility index (Phi) is 5.89. The molecule has 1 aliphatic heterocycles. The van der Waals surface area contributed by atoms with Gasteiger partial charge in [0.15, 0.2) is 0 Å². The van der Waals surface area contributed by atoms with Gasteiger partial charge in [-0.1, -0.05) is 38.1 Å². The molecule has 0 spiro atoms. The number of carbonyl (C=O) groups is 2. The number of hydrogen-bond acceptors (Lipinski definition) is 6. The van der Waals surface area contributed by atoms with Gasteiger partial charge in [-0.3, -0.25) is 9.59 Å². The molecule has 158 valence electrons. The summed E-state index contributed by atoms with van der Waals surface area (Å²) in [6.07, 6.45) is 1.15. The second-order valence-electron chi connectivity index (χ2n) is 8.55. The topological polar surface area (TPSA) is 124 Å². The highest BCUT2D eigenvalue weighted by Crippen LogP contribution is 2.35. The Hall–Kier alpha value is -3.25. The maximum Gasteiger partial charge on any atom is 0.248 e. The highest BCUT2D eigenvalue weighted by molar-refractivity contribution is 5.90. The van der Waals surface area contributed by atoms with Gasteiger partial charge in [0.2, 0.25) is 11.8 Å². The maximum atomic E-state index is 13.5. The van der Waals surface area contributed by atoms with Crippen molar-refractivity contribution in [2.45, 2.75) is 45.4 Å². The van der Waals surface area contributed by atoms with Crippen molar-refractivity contribution < 1.29 is 14.7 Å². The predicted molar refractivity (Wildman–Crippen MR) is 109 cm³/mol. The number of likely N-dealkylation sites (N-methyl/N-ethyl adjacent to an activating group) is 1. The molecule has 2 amide bonds. The normalized spacial score (nSPS) is 19.9. The zero-order valence-electron chi connectivity index (χ0n) is 17.5. The van der Waals surface area contributed by atoms with Crippen molar-refractivity contribution in [3.63, 3.8) is 0 Å². The lowest BCUT2D eigenvalue weighted by Crippen LogP contribution is -2.49. The third kappa shape index (κ3) is 4.19. The second kappa shape index (κ2) is 8.24. The van der Waals surface area contributed by atoms with Crippen LogP contribution in [0.1, 0.15) is 38.8 Å². The number of amides is 2. The molecule has 0 saturated carbocycles. The van der Waals surface area contributed by atoms with Gasteiger partial charge in [0.05, 0.1) is 23.9 Å². The number of likely N-dealkylation sites (tertiary alicyclic amines) is 1. The van der Waals surface area contributed by atoms with Crippen LogP contribution in [-0.2, 0) is 9.59 Å². The van der Waals surface area contributed by atoms with E-state index in [0.717, 1.165) is 5.56 Å². The predicted octanol–water partition coefficient (Wildman–Crippen LogP) is 1.11. The van der Waals surface area contributed by atoms with E-state index in [0.29, 0.717) is 11.3 Å². The zero-order valence-corrected chi connectivity index (χ0v) is 17.5. The number of aromatic nitrogens is 3. The van der Waals surface area contributed by atoms with E-state index in [2.05, 4.69) is 21.7 Å². The van der Waals surface area contributed by atoms with Gasteiger partial charge < -0.3 is 15.3 Å². The molecular weight excluding hydrogens is 384 g/mol. The number of benzene rings is 1. The molecule has 2 heterocycles. The summed E-state index contributed by atoms with van der Waals surface area (Å²) in [5.74, 6) is -0.589. The molecule has 30 heavy (non-hydrogen) atoms. The number of nitriles is 1. The molecule has 0 bridgehead atoms. The first-order chi connectivity index (χ1) is 14.2. The Labute approximate surface area is 175 Å². The molecule has 1 aromatic heterocycles. The Bertz CT molecular complexity index is 970. The fourth-order valence-corrected chi connectivity index (χ4v) is 3.76. The standard InChI is InChI=1S/C21H26N6O3/c1-21(2,3)18(20(30)26-11-15(28)9-17(26)19(29)23-4)27-12-16(24-25-27)14-7-5-13(10-22)6-8-14/h5-8,12,15,17-18,28H,9,11H2,1-4H3,(H,23,29)/t15-,17+,18-/m1/s1. The first kappa shape index (κ1) is 21.5. The third-order valence-corrected chi connectivity index (χ3v) is 5.25. The number of rotatable bonds is 4. The summed E-state index contributed by atoms with van der Waals surface area (Å²) in [4.78, 5) is 27.2. The van der Waals surface area contributed by atoms with E-state index in [4.69, 9.17) is 5.26 Å². The molecule has 2 N–H and O–H groups in total. The molecule has 9 heteroatoms. The van der Waals surface area contributed by atoms with E-state index in [1.807, 2.05) is 20.8 Å². The van der Waals surface area contributed by atoms with Gasteiger partial charge >= 0.3 is 0 Å². The summed E-state index contributed by atoms with van der Waals surface area (Å²) in [6.45, 7) is 5.85. The molecular formula is C21H26N6O3. The van der Waals surface area contributed by atoms with Crippen molar-refractivity contribution in [2.24, 2.45) is 5.41 Å². The number of aliphatic hydroxyl groups excluding tert-OH is 1. The summed E-state index contributed by atoms with van der Waals surface area (Å²) in [5.41, 5.74) is 1.38. The molecule has 0 radical (unpaired) electrons. The quantitative estimate of drug-likeness (QED) is 0.778. The van der Waals surface area contributed by atoms with Crippen LogP contribution in [0.15, 0.2) is 30.5 Å². The Morgan fingerprint density at radius 2 is 1.97 bits per heavy atom. The lowest BCUT2D eigenvalue weighted by Gasteiger charge is -2.34. The Balaban J connectivity index is 1.93. The van der Waals surface area contributed by atoms with Crippen LogP contribution in [0.4, 0.5) is 0 Å². The van der Waals surface area contributed by atoms with Crippen LogP contribution >= 0.6 is 0 Å². The van der Waals surface area contributed by atoms with Gasteiger partial charge in [-0.25, -0.2) is 4.68 Å². The van der Waals surface area contributed by atoms with Crippen LogP contribution < -0.4 is 5.32 Å². The fraction of sp³-hybridized carbons (Fsp3) is 0.476. The van der Waals surface area contributed by atoms with Crippen molar-refractivity contribution in [3.05, 3.63) is 36.0 Å². The number of nitrogens with one attached hydrogen (secondary N) is 1. The minimum Gasteiger partial charge on any atom is -0.391 e. The van der Waals surface area contributed by atoms with Crippen molar-refractivity contribution >= 4 is 11.8 Å². The zero-order chi connectivity index (χ0) is 22.1. The van der Waals surface area contributed by atoms with Gasteiger partial charge in [-0.2, -0.15) is 5.26 Å². The highest BCUT2D eigenvalue weighted by Gasteiger charge is 2.45. The van der Waals surface area contributed by atoms with Gasteiger partial charge in [-0.05, 0) is 17.5 Å². The van der Waals surface area contributed by atoms with E-state index in [-0.39, 0.29) is 24.8 Å². The second-order valence-corrected chi connectivity index (χ2v) is 8.55. The first-order valence-electron chi connectivity index (χ1n) is 9.78. The molecule has 1 fully saturated rings. The number of hydrogen-bond donors (Lipinski definition) is 2. The molecule has 1 aromatic carbocycles. The van der Waals surface area contributed by atoms with E-state index < -0.39 is 23.6 Å². The number of carbonyl (C=O) groups excluding carboxylic acids is 2.